The lowest BCUT2D eigenvalue weighted by molar-refractivity contribution is -0.157. The lowest BCUT2D eigenvalue weighted by atomic mass is 10.2. The molecular weight excluding hydrogens is 297 g/mol. The zero-order valence-electron chi connectivity index (χ0n) is 11.3. The SMILES string of the molecule is O=C(O)C1COCCN1C(=O)CSCc1ccc(F)cc1. The summed E-state index contributed by atoms with van der Waals surface area (Å²) in [5.41, 5.74) is 0.922. The second kappa shape index (κ2) is 7.42. The minimum Gasteiger partial charge on any atom is -0.480 e. The molecule has 1 aromatic carbocycles. The van der Waals surface area contributed by atoms with E-state index in [-0.39, 0.29) is 24.1 Å². The number of benzene rings is 1. The first-order valence-corrected chi connectivity index (χ1v) is 7.65. The molecule has 0 aliphatic carbocycles. The number of amides is 1. The average Bonchev–Trinajstić information content (AvgIpc) is 2.49. The molecule has 1 amide bonds. The van der Waals surface area contributed by atoms with Gasteiger partial charge >= 0.3 is 5.97 Å². The van der Waals surface area contributed by atoms with Gasteiger partial charge in [-0.1, -0.05) is 12.1 Å². The van der Waals surface area contributed by atoms with E-state index in [9.17, 15) is 14.0 Å². The molecule has 5 nitrogen and oxygen atoms in total. The summed E-state index contributed by atoms with van der Waals surface area (Å²) >= 11 is 1.38. The third-order valence-electron chi connectivity index (χ3n) is 3.14. The van der Waals surface area contributed by atoms with Crippen LogP contribution in [-0.4, -0.2) is 53.4 Å². The largest absolute Gasteiger partial charge is 0.480 e. The van der Waals surface area contributed by atoms with Gasteiger partial charge in [-0.25, -0.2) is 9.18 Å². The maximum Gasteiger partial charge on any atom is 0.328 e. The Balaban J connectivity index is 1.83. The van der Waals surface area contributed by atoms with E-state index in [1.165, 1.54) is 28.8 Å². The van der Waals surface area contributed by atoms with Crippen LogP contribution in [0.4, 0.5) is 4.39 Å². The topological polar surface area (TPSA) is 66.8 Å². The lowest BCUT2D eigenvalue weighted by Crippen LogP contribution is -2.53. The fourth-order valence-electron chi connectivity index (χ4n) is 2.03. The molecular formula is C14H16FNO4S. The fraction of sp³-hybridized carbons (Fsp3) is 0.429. The van der Waals surface area contributed by atoms with Crippen molar-refractivity contribution in [3.63, 3.8) is 0 Å². The van der Waals surface area contributed by atoms with E-state index in [2.05, 4.69) is 0 Å². The molecule has 1 aromatic rings. The van der Waals surface area contributed by atoms with Crippen LogP contribution in [0.1, 0.15) is 5.56 Å². The third-order valence-corrected chi connectivity index (χ3v) is 4.13. The van der Waals surface area contributed by atoms with Crippen molar-refractivity contribution in [3.05, 3.63) is 35.6 Å². The van der Waals surface area contributed by atoms with Gasteiger partial charge in [0.05, 0.1) is 19.0 Å². The summed E-state index contributed by atoms with van der Waals surface area (Å²) in [6.45, 7) is 0.689. The van der Waals surface area contributed by atoms with Gasteiger partial charge in [-0.2, -0.15) is 0 Å². The number of carboxylic acid groups (broad SMARTS) is 1. The number of thioether (sulfide) groups is 1. The Kier molecular flexibility index (Phi) is 5.58. The molecule has 0 spiro atoms. The van der Waals surface area contributed by atoms with Crippen molar-refractivity contribution in [1.82, 2.24) is 4.90 Å². The van der Waals surface area contributed by atoms with Gasteiger partial charge in [0.1, 0.15) is 5.82 Å². The molecule has 0 aromatic heterocycles. The monoisotopic (exact) mass is 313 g/mol. The van der Waals surface area contributed by atoms with Crippen LogP contribution in [0.15, 0.2) is 24.3 Å². The van der Waals surface area contributed by atoms with Gasteiger partial charge in [-0.15, -0.1) is 11.8 Å². The normalized spacial score (nSPS) is 18.5. The van der Waals surface area contributed by atoms with E-state index < -0.39 is 12.0 Å². The minimum absolute atomic E-state index is 0.0315. The first-order valence-electron chi connectivity index (χ1n) is 6.50. The van der Waals surface area contributed by atoms with Crippen LogP contribution in [0, 0.1) is 5.82 Å². The van der Waals surface area contributed by atoms with E-state index in [0.717, 1.165) is 5.56 Å². The average molecular weight is 313 g/mol. The van der Waals surface area contributed by atoms with Gasteiger partial charge < -0.3 is 14.7 Å². The lowest BCUT2D eigenvalue weighted by Gasteiger charge is -2.32. The number of carboxylic acids is 1. The van der Waals surface area contributed by atoms with Gasteiger partial charge in [0, 0.05) is 12.3 Å². The maximum absolute atomic E-state index is 12.8. The van der Waals surface area contributed by atoms with E-state index in [1.54, 1.807) is 12.1 Å². The van der Waals surface area contributed by atoms with E-state index >= 15 is 0 Å². The first-order chi connectivity index (χ1) is 10.1. The Labute approximate surface area is 126 Å². The highest BCUT2D eigenvalue weighted by atomic mass is 32.2. The minimum atomic E-state index is -1.05. The number of carbonyl (C=O) groups is 2. The van der Waals surface area contributed by atoms with Crippen LogP contribution in [0.2, 0.25) is 0 Å². The van der Waals surface area contributed by atoms with Gasteiger partial charge in [0.25, 0.3) is 0 Å². The smallest absolute Gasteiger partial charge is 0.328 e. The fourth-order valence-corrected chi connectivity index (χ4v) is 2.90. The van der Waals surface area contributed by atoms with E-state index in [4.69, 9.17) is 9.84 Å². The van der Waals surface area contributed by atoms with Crippen molar-refractivity contribution in [3.8, 4) is 0 Å². The van der Waals surface area contributed by atoms with Crippen LogP contribution < -0.4 is 0 Å². The van der Waals surface area contributed by atoms with Crippen molar-refractivity contribution < 1.29 is 23.8 Å². The van der Waals surface area contributed by atoms with Crippen LogP contribution in [0.5, 0.6) is 0 Å². The molecule has 7 heteroatoms. The number of nitrogens with zero attached hydrogens (tertiary/aromatic N) is 1. The molecule has 1 saturated heterocycles. The van der Waals surface area contributed by atoms with Crippen LogP contribution in [-0.2, 0) is 20.1 Å². The number of rotatable bonds is 5. The highest BCUT2D eigenvalue weighted by molar-refractivity contribution is 7.99. The zero-order valence-corrected chi connectivity index (χ0v) is 12.1. The molecule has 0 radical (unpaired) electrons. The second-order valence-electron chi connectivity index (χ2n) is 4.64. The molecule has 21 heavy (non-hydrogen) atoms. The van der Waals surface area contributed by atoms with Gasteiger partial charge in [-0.05, 0) is 17.7 Å². The summed E-state index contributed by atoms with van der Waals surface area (Å²) in [4.78, 5) is 24.5. The first kappa shape index (κ1) is 15.8. The predicted octanol–water partition coefficient (Wildman–Crippen LogP) is 1.37. The number of halogens is 1. The van der Waals surface area contributed by atoms with Crippen LogP contribution in [0.3, 0.4) is 0 Å². The number of ether oxygens (including phenoxy) is 1. The van der Waals surface area contributed by atoms with Crippen molar-refractivity contribution in [2.75, 3.05) is 25.5 Å². The van der Waals surface area contributed by atoms with Gasteiger partial charge in [-0.3, -0.25) is 4.79 Å². The number of carbonyl (C=O) groups excluding carboxylic acids is 1. The molecule has 1 atom stereocenters. The molecule has 0 bridgehead atoms. The van der Waals surface area contributed by atoms with Gasteiger partial charge in [0.15, 0.2) is 6.04 Å². The predicted molar refractivity (Wildman–Crippen MR) is 76.5 cm³/mol. The summed E-state index contributed by atoms with van der Waals surface area (Å²) < 4.78 is 17.9. The Morgan fingerprint density at radius 3 is 2.76 bits per heavy atom. The van der Waals surface area contributed by atoms with E-state index in [1.807, 2.05) is 0 Å². The zero-order chi connectivity index (χ0) is 15.2. The summed E-state index contributed by atoms with van der Waals surface area (Å²) in [7, 11) is 0. The quantitative estimate of drug-likeness (QED) is 0.889. The highest BCUT2D eigenvalue weighted by Crippen LogP contribution is 2.15. The number of hydrogen-bond acceptors (Lipinski definition) is 4. The van der Waals surface area contributed by atoms with Crippen molar-refractivity contribution >= 4 is 23.6 Å². The summed E-state index contributed by atoms with van der Waals surface area (Å²) in [5, 5.41) is 9.07. The third kappa shape index (κ3) is 4.44. The molecule has 0 saturated carbocycles. The number of hydrogen-bond donors (Lipinski definition) is 1. The van der Waals surface area contributed by atoms with E-state index in [0.29, 0.717) is 18.9 Å². The summed E-state index contributed by atoms with van der Waals surface area (Å²) in [6.07, 6.45) is 0. The van der Waals surface area contributed by atoms with Crippen LogP contribution in [0.25, 0.3) is 0 Å². The molecule has 1 unspecified atom stereocenters. The molecule has 114 valence electrons. The summed E-state index contributed by atoms with van der Waals surface area (Å²) in [5.74, 6) is -0.781. The van der Waals surface area contributed by atoms with Gasteiger partial charge in [0.2, 0.25) is 5.91 Å². The standard InChI is InChI=1S/C14H16FNO4S/c15-11-3-1-10(2-4-11)8-21-9-13(17)16-5-6-20-7-12(16)14(18)19/h1-4,12H,5-9H2,(H,18,19). The van der Waals surface area contributed by atoms with Crippen molar-refractivity contribution in [1.29, 1.82) is 0 Å². The Morgan fingerprint density at radius 1 is 1.38 bits per heavy atom. The molecule has 1 aliphatic rings. The maximum atomic E-state index is 12.8. The van der Waals surface area contributed by atoms with Crippen molar-refractivity contribution in [2.24, 2.45) is 0 Å². The number of aliphatic carboxylic acids is 1. The molecule has 1 aliphatic heterocycles. The molecule has 1 N–H and O–H groups in total. The van der Waals surface area contributed by atoms with Crippen LogP contribution >= 0.6 is 11.8 Å². The Hall–Kier alpha value is -1.60. The van der Waals surface area contributed by atoms with Crippen molar-refractivity contribution in [2.45, 2.75) is 11.8 Å². The number of morpholine rings is 1. The molecule has 2 rings (SSSR count). The molecule has 1 heterocycles. The Morgan fingerprint density at radius 2 is 2.10 bits per heavy atom. The highest BCUT2D eigenvalue weighted by Gasteiger charge is 2.32. The molecule has 1 fully saturated rings. The summed E-state index contributed by atoms with van der Waals surface area (Å²) in [6, 6.07) is 5.18. The Bertz CT molecular complexity index is 508. The second-order valence-corrected chi connectivity index (χ2v) is 5.62.